The summed E-state index contributed by atoms with van der Waals surface area (Å²) in [6.07, 6.45) is -0.397. The van der Waals surface area contributed by atoms with Crippen LogP contribution in [0.25, 0.3) is 83.9 Å². The predicted molar refractivity (Wildman–Crippen MR) is 273 cm³/mol. The van der Waals surface area contributed by atoms with Gasteiger partial charge in [-0.15, -0.1) is 0 Å². The summed E-state index contributed by atoms with van der Waals surface area (Å²) in [7, 11) is 0. The molecule has 7 nitrogen and oxygen atoms in total. The maximum atomic E-state index is 5.42. The van der Waals surface area contributed by atoms with Crippen LogP contribution in [0, 0.1) is 0 Å². The molecule has 0 bridgehead atoms. The van der Waals surface area contributed by atoms with Crippen LogP contribution < -0.4 is 5.32 Å². The van der Waals surface area contributed by atoms with E-state index in [1.54, 1.807) is 0 Å². The molecule has 3 heterocycles. The fourth-order valence-electron chi connectivity index (χ4n) is 9.13. The van der Waals surface area contributed by atoms with Crippen LogP contribution in [0.1, 0.15) is 22.9 Å². The molecule has 67 heavy (non-hydrogen) atoms. The summed E-state index contributed by atoms with van der Waals surface area (Å²) < 4.78 is 2.37. The molecule has 316 valence electrons. The molecule has 0 saturated carbocycles. The molecule has 1 atom stereocenters. The smallest absolute Gasteiger partial charge is 0.164 e. The van der Waals surface area contributed by atoms with Crippen molar-refractivity contribution in [2.45, 2.75) is 6.17 Å². The van der Waals surface area contributed by atoms with E-state index in [1.165, 1.54) is 10.9 Å². The Kier molecular flexibility index (Phi) is 10.1. The van der Waals surface area contributed by atoms with Crippen molar-refractivity contribution < 1.29 is 0 Å². The molecule has 1 aliphatic rings. The zero-order valence-corrected chi connectivity index (χ0v) is 36.3. The van der Waals surface area contributed by atoms with E-state index in [0.717, 1.165) is 78.0 Å². The molecule has 0 fully saturated rings. The average molecular weight is 860 g/mol. The Bertz CT molecular complexity index is 3570. The number of nitrogens with one attached hydrogen (secondary N) is 1. The number of nitrogens with zero attached hydrogens (tertiary/aromatic N) is 6. The number of hydrogen-bond acceptors (Lipinski definition) is 6. The van der Waals surface area contributed by atoms with Crippen molar-refractivity contribution in [3.05, 3.63) is 253 Å². The molecule has 1 N–H and O–H groups in total. The van der Waals surface area contributed by atoms with Gasteiger partial charge in [-0.3, -0.25) is 0 Å². The van der Waals surface area contributed by atoms with Gasteiger partial charge in [0.25, 0.3) is 0 Å². The maximum Gasteiger partial charge on any atom is 0.164 e. The van der Waals surface area contributed by atoms with Crippen molar-refractivity contribution in [1.29, 1.82) is 0 Å². The highest BCUT2D eigenvalue weighted by Crippen LogP contribution is 2.41. The molecule has 0 radical (unpaired) electrons. The molecule has 0 saturated heterocycles. The van der Waals surface area contributed by atoms with Crippen LogP contribution >= 0.6 is 0 Å². The first-order chi connectivity index (χ1) is 33.2. The molecular formula is C60H41N7. The molecule has 11 aromatic rings. The molecule has 0 spiro atoms. The van der Waals surface area contributed by atoms with Crippen molar-refractivity contribution in [2.24, 2.45) is 9.98 Å². The van der Waals surface area contributed by atoms with Gasteiger partial charge in [0, 0.05) is 44.3 Å². The summed E-state index contributed by atoms with van der Waals surface area (Å²) in [6.45, 7) is 0. The van der Waals surface area contributed by atoms with Gasteiger partial charge in [-0.05, 0) is 64.2 Å². The Labute approximate surface area is 388 Å². The highest BCUT2D eigenvalue weighted by atomic mass is 15.2. The zero-order valence-electron chi connectivity index (χ0n) is 36.3. The number of fused-ring (bicyclic) bond motifs is 3. The van der Waals surface area contributed by atoms with Crippen molar-refractivity contribution in [1.82, 2.24) is 24.8 Å². The van der Waals surface area contributed by atoms with Crippen LogP contribution in [-0.4, -0.2) is 31.2 Å². The van der Waals surface area contributed by atoms with Crippen LogP contribution in [0.15, 0.2) is 247 Å². The van der Waals surface area contributed by atoms with Gasteiger partial charge < -0.3 is 9.88 Å². The summed E-state index contributed by atoms with van der Waals surface area (Å²) >= 11 is 0. The summed E-state index contributed by atoms with van der Waals surface area (Å²) in [4.78, 5) is 26.1. The fraction of sp³-hybridized carbons (Fsp3) is 0.0167. The van der Waals surface area contributed by atoms with Crippen LogP contribution in [0.2, 0.25) is 0 Å². The second-order valence-corrected chi connectivity index (χ2v) is 16.5. The lowest BCUT2D eigenvalue weighted by atomic mass is 9.93. The topological polar surface area (TPSA) is 80.3 Å². The monoisotopic (exact) mass is 859 g/mol. The normalized spacial score (nSPS) is 13.5. The molecule has 1 aliphatic heterocycles. The van der Waals surface area contributed by atoms with Crippen molar-refractivity contribution in [3.63, 3.8) is 0 Å². The Balaban J connectivity index is 1.12. The number of para-hydroxylation sites is 1. The van der Waals surface area contributed by atoms with Crippen LogP contribution in [0.5, 0.6) is 0 Å². The summed E-state index contributed by atoms with van der Waals surface area (Å²) in [5.41, 5.74) is 13.2. The zero-order chi connectivity index (χ0) is 44.5. The van der Waals surface area contributed by atoms with E-state index in [-0.39, 0.29) is 0 Å². The standard InChI is InChI=1S/C60H41N7/c1-7-20-40(21-8-1)49-32-19-33-53-54(49)51-38-45(35-37-52(51)67(53)47-30-17-6-18-31-47)48-36-34-46(59-63-55(41-22-9-2-10-23-41)61-56(64-59)42-24-11-3-12-25-42)39-50(48)60-65-57(43-26-13-4-14-27-43)62-58(66-60)44-28-15-5-16-29-44/h1-39,57H,(H,62,65,66). The fourth-order valence-corrected chi connectivity index (χ4v) is 9.13. The molecule has 2 aromatic heterocycles. The average Bonchev–Trinajstić information content (AvgIpc) is 3.76. The first-order valence-corrected chi connectivity index (χ1v) is 22.5. The van der Waals surface area contributed by atoms with E-state index in [0.29, 0.717) is 23.3 Å². The van der Waals surface area contributed by atoms with E-state index in [2.05, 4.69) is 149 Å². The first-order valence-electron chi connectivity index (χ1n) is 22.5. The van der Waals surface area contributed by atoms with Crippen molar-refractivity contribution in [2.75, 3.05) is 0 Å². The largest absolute Gasteiger partial charge is 0.344 e. The van der Waals surface area contributed by atoms with E-state index < -0.39 is 6.17 Å². The number of benzene rings is 9. The van der Waals surface area contributed by atoms with E-state index in [9.17, 15) is 0 Å². The van der Waals surface area contributed by atoms with Gasteiger partial charge in [-0.2, -0.15) is 0 Å². The third-order valence-electron chi connectivity index (χ3n) is 12.3. The van der Waals surface area contributed by atoms with Gasteiger partial charge in [-0.25, -0.2) is 24.9 Å². The van der Waals surface area contributed by atoms with E-state index in [4.69, 9.17) is 24.9 Å². The third kappa shape index (κ3) is 7.54. The quantitative estimate of drug-likeness (QED) is 0.157. The molecule has 7 heteroatoms. The van der Waals surface area contributed by atoms with Gasteiger partial charge in [0.2, 0.25) is 0 Å². The number of amidine groups is 2. The molecule has 9 aromatic carbocycles. The predicted octanol–water partition coefficient (Wildman–Crippen LogP) is 13.8. The SMILES string of the molecule is c1ccc(C2=NC(c3cc(-c4nc(-c5ccccc5)nc(-c5ccccc5)n4)ccc3-c3ccc4c(c3)c3c(-c5ccccc5)cccc3n4-c3ccccc3)=NC(c3ccccc3)N2)cc1. The lowest BCUT2D eigenvalue weighted by Gasteiger charge is -2.24. The third-order valence-corrected chi connectivity index (χ3v) is 12.3. The second-order valence-electron chi connectivity index (χ2n) is 16.5. The Morgan fingerprint density at radius 2 is 0.910 bits per heavy atom. The number of aromatic nitrogens is 4. The maximum absolute atomic E-state index is 5.42. The Morgan fingerprint density at radius 3 is 1.54 bits per heavy atom. The van der Waals surface area contributed by atoms with Crippen LogP contribution in [0.3, 0.4) is 0 Å². The Hall–Kier alpha value is -9.07. The van der Waals surface area contributed by atoms with Crippen molar-refractivity contribution in [3.8, 4) is 62.1 Å². The molecule has 0 amide bonds. The van der Waals surface area contributed by atoms with E-state index >= 15 is 0 Å². The minimum atomic E-state index is -0.397. The molecule has 0 aliphatic carbocycles. The van der Waals surface area contributed by atoms with Gasteiger partial charge in [-0.1, -0.05) is 200 Å². The summed E-state index contributed by atoms with van der Waals surface area (Å²) in [6, 6.07) is 81.9. The van der Waals surface area contributed by atoms with Gasteiger partial charge in [0.15, 0.2) is 23.3 Å². The van der Waals surface area contributed by atoms with E-state index in [1.807, 2.05) is 97.1 Å². The Morgan fingerprint density at radius 1 is 0.373 bits per heavy atom. The lowest BCUT2D eigenvalue weighted by Crippen LogP contribution is -2.33. The molecular weight excluding hydrogens is 819 g/mol. The lowest BCUT2D eigenvalue weighted by molar-refractivity contribution is 0.674. The number of aliphatic imine (C=N–C) groups is 2. The van der Waals surface area contributed by atoms with Crippen LogP contribution in [0.4, 0.5) is 0 Å². The molecule has 1 unspecified atom stereocenters. The summed E-state index contributed by atoms with van der Waals surface area (Å²) in [5.74, 6) is 3.08. The minimum absolute atomic E-state index is 0.397. The highest BCUT2D eigenvalue weighted by Gasteiger charge is 2.25. The number of rotatable bonds is 9. The van der Waals surface area contributed by atoms with Gasteiger partial charge in [0.05, 0.1) is 11.0 Å². The minimum Gasteiger partial charge on any atom is -0.344 e. The van der Waals surface area contributed by atoms with Gasteiger partial charge >= 0.3 is 0 Å². The van der Waals surface area contributed by atoms with Crippen LogP contribution in [-0.2, 0) is 0 Å². The molecule has 12 rings (SSSR count). The van der Waals surface area contributed by atoms with Crippen molar-refractivity contribution >= 4 is 33.5 Å². The van der Waals surface area contributed by atoms with Gasteiger partial charge in [0.1, 0.15) is 12.0 Å². The highest BCUT2D eigenvalue weighted by molar-refractivity contribution is 6.18. The summed E-state index contributed by atoms with van der Waals surface area (Å²) in [5, 5.41) is 5.99. The number of hydrogen-bond donors (Lipinski definition) is 1. The first kappa shape index (κ1) is 39.5. The second kappa shape index (κ2) is 17.1.